The Kier molecular flexibility index (Phi) is 3.78. The van der Waals surface area contributed by atoms with Crippen molar-refractivity contribution in [2.24, 2.45) is 0 Å². The molecule has 3 rings (SSSR count). The van der Waals surface area contributed by atoms with Crippen molar-refractivity contribution in [3.8, 4) is 11.3 Å². The number of para-hydroxylation sites is 1. The highest BCUT2D eigenvalue weighted by atomic mass is 16.2. The molecule has 0 radical (unpaired) electrons. The second-order valence-electron chi connectivity index (χ2n) is 4.67. The lowest BCUT2D eigenvalue weighted by atomic mass is 10.1. The van der Waals surface area contributed by atoms with Crippen LogP contribution < -0.4 is 11.0 Å². The van der Waals surface area contributed by atoms with E-state index in [1.807, 2.05) is 48.5 Å². The average Bonchev–Trinajstić information content (AvgIpc) is 2.56. The Labute approximate surface area is 126 Å². The van der Waals surface area contributed by atoms with E-state index in [0.717, 1.165) is 5.56 Å². The quantitative estimate of drug-likeness (QED) is 0.779. The molecule has 0 atom stereocenters. The average molecular weight is 291 g/mol. The lowest BCUT2D eigenvalue weighted by Crippen LogP contribution is -2.21. The lowest BCUT2D eigenvalue weighted by molar-refractivity contribution is 0.102. The number of H-pyrrole nitrogens is 1. The number of aromatic amines is 1. The molecular weight excluding hydrogens is 278 g/mol. The normalized spacial score (nSPS) is 10.2. The number of rotatable bonds is 3. The van der Waals surface area contributed by atoms with Crippen LogP contribution in [-0.2, 0) is 0 Å². The molecule has 3 aromatic rings. The van der Waals surface area contributed by atoms with Crippen molar-refractivity contribution < 1.29 is 4.79 Å². The van der Waals surface area contributed by atoms with Crippen LogP contribution in [0.2, 0.25) is 0 Å². The summed E-state index contributed by atoms with van der Waals surface area (Å²) in [6, 6.07) is 19.8. The molecule has 0 aliphatic heterocycles. The van der Waals surface area contributed by atoms with Gasteiger partial charge in [-0.25, -0.2) is 4.79 Å². The molecule has 0 spiro atoms. The smallest absolute Gasteiger partial charge is 0.321 e. The van der Waals surface area contributed by atoms with Crippen LogP contribution >= 0.6 is 0 Å². The number of hydrogen-bond donors (Lipinski definition) is 2. The highest BCUT2D eigenvalue weighted by molar-refractivity contribution is 6.03. The summed E-state index contributed by atoms with van der Waals surface area (Å²) in [7, 11) is 0. The lowest BCUT2D eigenvalue weighted by Gasteiger charge is -2.06. The van der Waals surface area contributed by atoms with Gasteiger partial charge in [-0.3, -0.25) is 4.79 Å². The largest absolute Gasteiger partial charge is 0.346 e. The van der Waals surface area contributed by atoms with E-state index in [4.69, 9.17) is 0 Å². The van der Waals surface area contributed by atoms with Gasteiger partial charge in [-0.05, 0) is 18.2 Å². The van der Waals surface area contributed by atoms with Gasteiger partial charge in [0.1, 0.15) is 5.69 Å². The molecule has 1 heterocycles. The summed E-state index contributed by atoms with van der Waals surface area (Å²) >= 11 is 0. The fourth-order valence-corrected chi connectivity index (χ4v) is 2.06. The highest BCUT2D eigenvalue weighted by Crippen LogP contribution is 2.16. The summed E-state index contributed by atoms with van der Waals surface area (Å²) in [5, 5.41) is 2.73. The molecule has 0 fully saturated rings. The molecule has 0 unspecified atom stereocenters. The van der Waals surface area contributed by atoms with Gasteiger partial charge in [-0.15, -0.1) is 0 Å². The number of carbonyl (C=O) groups excluding carboxylic acids is 1. The predicted molar refractivity (Wildman–Crippen MR) is 84.7 cm³/mol. The van der Waals surface area contributed by atoms with Crippen molar-refractivity contribution in [3.63, 3.8) is 0 Å². The van der Waals surface area contributed by atoms with Crippen LogP contribution in [0.1, 0.15) is 10.5 Å². The second kappa shape index (κ2) is 6.05. The van der Waals surface area contributed by atoms with Gasteiger partial charge in [0.2, 0.25) is 0 Å². The van der Waals surface area contributed by atoms with E-state index >= 15 is 0 Å². The molecule has 1 amide bonds. The summed E-state index contributed by atoms with van der Waals surface area (Å²) in [4.78, 5) is 30.3. The van der Waals surface area contributed by atoms with Crippen LogP contribution in [0.15, 0.2) is 71.5 Å². The second-order valence-corrected chi connectivity index (χ2v) is 4.67. The Morgan fingerprint density at radius 1 is 0.955 bits per heavy atom. The third kappa shape index (κ3) is 3.09. The molecule has 22 heavy (non-hydrogen) atoms. The van der Waals surface area contributed by atoms with Crippen molar-refractivity contribution in [2.75, 3.05) is 5.32 Å². The number of amides is 1. The molecule has 108 valence electrons. The predicted octanol–water partition coefficient (Wildman–Crippen LogP) is 2.69. The maximum Gasteiger partial charge on any atom is 0.346 e. The summed E-state index contributed by atoms with van der Waals surface area (Å²) in [6.45, 7) is 0. The molecule has 1 aromatic heterocycles. The molecule has 0 saturated heterocycles. The first-order valence-electron chi connectivity index (χ1n) is 6.75. The molecule has 0 saturated carbocycles. The Morgan fingerprint density at radius 3 is 2.27 bits per heavy atom. The number of hydrogen-bond acceptors (Lipinski definition) is 3. The van der Waals surface area contributed by atoms with Gasteiger partial charge in [-0.2, -0.15) is 4.98 Å². The van der Waals surface area contributed by atoms with Gasteiger partial charge in [0.25, 0.3) is 5.91 Å². The van der Waals surface area contributed by atoms with E-state index in [0.29, 0.717) is 11.4 Å². The standard InChI is InChI=1S/C17H13N3O2/c21-16(18-13-9-5-2-6-10-13)15-11-14(19-17(22)20-15)12-7-3-1-4-8-12/h1-11H,(H,18,21)(H,19,20,22). The first-order chi connectivity index (χ1) is 10.7. The zero-order valence-electron chi connectivity index (χ0n) is 11.6. The minimum absolute atomic E-state index is 0.169. The third-order valence-electron chi connectivity index (χ3n) is 3.09. The van der Waals surface area contributed by atoms with Crippen molar-refractivity contribution >= 4 is 11.6 Å². The molecule has 0 aliphatic carbocycles. The van der Waals surface area contributed by atoms with Crippen molar-refractivity contribution in [1.82, 2.24) is 9.97 Å². The number of benzene rings is 2. The Morgan fingerprint density at radius 2 is 1.59 bits per heavy atom. The minimum Gasteiger partial charge on any atom is -0.321 e. The summed E-state index contributed by atoms with van der Waals surface area (Å²) < 4.78 is 0. The number of nitrogens with one attached hydrogen (secondary N) is 2. The molecular formula is C17H13N3O2. The van der Waals surface area contributed by atoms with Gasteiger partial charge in [0.15, 0.2) is 0 Å². The third-order valence-corrected chi connectivity index (χ3v) is 3.09. The van der Waals surface area contributed by atoms with Crippen LogP contribution in [0.5, 0.6) is 0 Å². The van der Waals surface area contributed by atoms with E-state index in [2.05, 4.69) is 15.3 Å². The van der Waals surface area contributed by atoms with Crippen LogP contribution in [0, 0.1) is 0 Å². The highest BCUT2D eigenvalue weighted by Gasteiger charge is 2.10. The minimum atomic E-state index is -0.556. The van der Waals surface area contributed by atoms with Crippen LogP contribution in [0.4, 0.5) is 5.69 Å². The summed E-state index contributed by atoms with van der Waals surface area (Å²) in [5.74, 6) is -0.386. The number of aromatic nitrogens is 2. The molecule has 0 bridgehead atoms. The molecule has 5 heteroatoms. The van der Waals surface area contributed by atoms with Gasteiger partial charge in [0.05, 0.1) is 5.69 Å². The first kappa shape index (κ1) is 13.8. The fraction of sp³-hybridized carbons (Fsp3) is 0. The van der Waals surface area contributed by atoms with Gasteiger partial charge >= 0.3 is 5.69 Å². The Hall–Kier alpha value is -3.21. The molecule has 5 nitrogen and oxygen atoms in total. The van der Waals surface area contributed by atoms with E-state index in [9.17, 15) is 9.59 Å². The number of anilines is 1. The zero-order valence-corrected chi connectivity index (χ0v) is 11.6. The molecule has 2 aromatic carbocycles. The van der Waals surface area contributed by atoms with Gasteiger partial charge < -0.3 is 10.3 Å². The summed E-state index contributed by atoms with van der Waals surface area (Å²) in [5.41, 5.74) is 1.51. The SMILES string of the molecule is O=C(Nc1ccccc1)c1cc(-c2ccccc2)nc(=O)[nH]1. The monoisotopic (exact) mass is 291 g/mol. The maximum absolute atomic E-state index is 12.2. The van der Waals surface area contributed by atoms with Gasteiger partial charge in [-0.1, -0.05) is 48.5 Å². The van der Waals surface area contributed by atoms with Crippen LogP contribution in [0.3, 0.4) is 0 Å². The fourth-order valence-electron chi connectivity index (χ4n) is 2.06. The molecule has 2 N–H and O–H groups in total. The van der Waals surface area contributed by atoms with E-state index in [-0.39, 0.29) is 11.6 Å². The van der Waals surface area contributed by atoms with Crippen molar-refractivity contribution in [1.29, 1.82) is 0 Å². The maximum atomic E-state index is 12.2. The zero-order chi connectivity index (χ0) is 15.4. The van der Waals surface area contributed by atoms with Crippen molar-refractivity contribution in [3.05, 3.63) is 82.9 Å². The Bertz CT molecular complexity index is 843. The first-order valence-corrected chi connectivity index (χ1v) is 6.75. The van der Waals surface area contributed by atoms with E-state index in [1.54, 1.807) is 18.2 Å². The van der Waals surface area contributed by atoms with E-state index in [1.165, 1.54) is 0 Å². The van der Waals surface area contributed by atoms with Crippen LogP contribution in [-0.4, -0.2) is 15.9 Å². The van der Waals surface area contributed by atoms with Gasteiger partial charge in [0, 0.05) is 11.3 Å². The molecule has 0 aliphatic rings. The van der Waals surface area contributed by atoms with Crippen molar-refractivity contribution in [2.45, 2.75) is 0 Å². The summed E-state index contributed by atoms with van der Waals surface area (Å²) in [6.07, 6.45) is 0. The number of nitrogens with zero attached hydrogens (tertiary/aromatic N) is 1. The number of carbonyl (C=O) groups is 1. The topological polar surface area (TPSA) is 74.8 Å². The Balaban J connectivity index is 1.93. The van der Waals surface area contributed by atoms with E-state index < -0.39 is 5.69 Å². The van der Waals surface area contributed by atoms with Crippen LogP contribution in [0.25, 0.3) is 11.3 Å².